The minimum Gasteiger partial charge on any atom is -0.444 e. The first-order chi connectivity index (χ1) is 11.2. The van der Waals surface area contributed by atoms with Crippen molar-refractivity contribution in [2.24, 2.45) is 0 Å². The standard InChI is InChI=1S/C17H23ClN2O4/c1-11-9-12(18)5-6-13(11)19-15(21)14-10-20(7-8-23-14)16(22)24-17(2,3)4/h5-6,9,14H,7-8,10H2,1-4H3,(H,19,21)/t14-/m0/s1. The van der Waals surface area contributed by atoms with Gasteiger partial charge in [-0.1, -0.05) is 11.6 Å². The van der Waals surface area contributed by atoms with Crippen LogP contribution in [0.1, 0.15) is 26.3 Å². The fraction of sp³-hybridized carbons (Fsp3) is 0.529. The molecule has 7 heteroatoms. The van der Waals surface area contributed by atoms with Gasteiger partial charge in [0.05, 0.1) is 13.2 Å². The summed E-state index contributed by atoms with van der Waals surface area (Å²) < 4.78 is 10.8. The lowest BCUT2D eigenvalue weighted by Gasteiger charge is -2.33. The second-order valence-corrected chi connectivity index (χ2v) is 7.17. The summed E-state index contributed by atoms with van der Waals surface area (Å²) in [5, 5.41) is 3.42. The van der Waals surface area contributed by atoms with E-state index in [2.05, 4.69) is 5.32 Å². The van der Waals surface area contributed by atoms with Gasteiger partial charge in [0.1, 0.15) is 5.60 Å². The molecule has 2 amide bonds. The highest BCUT2D eigenvalue weighted by molar-refractivity contribution is 6.30. The van der Waals surface area contributed by atoms with Crippen LogP contribution >= 0.6 is 11.6 Å². The molecule has 1 aromatic rings. The van der Waals surface area contributed by atoms with E-state index in [9.17, 15) is 9.59 Å². The molecule has 0 aliphatic carbocycles. The maximum Gasteiger partial charge on any atom is 0.410 e. The molecule has 0 radical (unpaired) electrons. The van der Waals surface area contributed by atoms with Crippen LogP contribution < -0.4 is 5.32 Å². The SMILES string of the molecule is Cc1cc(Cl)ccc1NC(=O)[C@@H]1CN(C(=O)OC(C)(C)C)CCO1. The molecule has 1 atom stereocenters. The first-order valence-electron chi connectivity index (χ1n) is 7.82. The van der Waals surface area contributed by atoms with E-state index in [-0.39, 0.29) is 19.1 Å². The third-order valence-corrected chi connectivity index (χ3v) is 3.69. The highest BCUT2D eigenvalue weighted by Crippen LogP contribution is 2.20. The Kier molecular flexibility index (Phi) is 5.72. The Labute approximate surface area is 147 Å². The molecule has 1 aliphatic rings. The minimum atomic E-state index is -0.735. The summed E-state index contributed by atoms with van der Waals surface area (Å²) in [6.45, 7) is 8.12. The predicted molar refractivity (Wildman–Crippen MR) is 92.4 cm³/mol. The van der Waals surface area contributed by atoms with Gasteiger partial charge in [-0.2, -0.15) is 0 Å². The number of halogens is 1. The summed E-state index contributed by atoms with van der Waals surface area (Å²) in [4.78, 5) is 26.0. The van der Waals surface area contributed by atoms with E-state index < -0.39 is 17.8 Å². The van der Waals surface area contributed by atoms with Gasteiger partial charge in [-0.05, 0) is 51.5 Å². The van der Waals surface area contributed by atoms with Gasteiger partial charge in [0, 0.05) is 17.3 Å². The Hall–Kier alpha value is -1.79. The van der Waals surface area contributed by atoms with E-state index in [1.165, 1.54) is 4.90 Å². The van der Waals surface area contributed by atoms with Crippen LogP contribution in [0.3, 0.4) is 0 Å². The molecule has 1 saturated heterocycles. The van der Waals surface area contributed by atoms with Gasteiger partial charge in [0.2, 0.25) is 0 Å². The number of amides is 2. The second kappa shape index (κ2) is 7.40. The Morgan fingerprint density at radius 2 is 2.08 bits per heavy atom. The lowest BCUT2D eigenvalue weighted by atomic mass is 10.2. The summed E-state index contributed by atoms with van der Waals surface area (Å²) in [6.07, 6.45) is -1.17. The van der Waals surface area contributed by atoms with E-state index in [0.717, 1.165) is 5.56 Å². The number of anilines is 1. The Balaban J connectivity index is 1.98. The van der Waals surface area contributed by atoms with Crippen molar-refractivity contribution >= 4 is 29.3 Å². The molecule has 1 heterocycles. The number of carbonyl (C=O) groups is 2. The first-order valence-corrected chi connectivity index (χ1v) is 8.20. The lowest BCUT2D eigenvalue weighted by Crippen LogP contribution is -2.51. The number of ether oxygens (including phenoxy) is 2. The van der Waals surface area contributed by atoms with Crippen LogP contribution in [0, 0.1) is 6.92 Å². The zero-order valence-electron chi connectivity index (χ0n) is 14.4. The molecule has 24 heavy (non-hydrogen) atoms. The van der Waals surface area contributed by atoms with E-state index in [0.29, 0.717) is 17.3 Å². The monoisotopic (exact) mass is 354 g/mol. The van der Waals surface area contributed by atoms with E-state index >= 15 is 0 Å². The van der Waals surface area contributed by atoms with Crippen molar-refractivity contribution in [1.29, 1.82) is 0 Å². The lowest BCUT2D eigenvalue weighted by molar-refractivity contribution is -0.132. The Bertz CT molecular complexity index is 628. The minimum absolute atomic E-state index is 0.160. The van der Waals surface area contributed by atoms with Gasteiger partial charge in [0.25, 0.3) is 5.91 Å². The van der Waals surface area contributed by atoms with Crippen LogP contribution in [0.15, 0.2) is 18.2 Å². The number of benzene rings is 1. The van der Waals surface area contributed by atoms with Crippen LogP contribution in [0.5, 0.6) is 0 Å². The average Bonchev–Trinajstić information content (AvgIpc) is 2.48. The van der Waals surface area contributed by atoms with Crippen molar-refractivity contribution in [1.82, 2.24) is 4.90 Å². The molecule has 1 fully saturated rings. The van der Waals surface area contributed by atoms with Crippen LogP contribution in [0.25, 0.3) is 0 Å². The maximum atomic E-state index is 12.4. The number of rotatable bonds is 2. The Morgan fingerprint density at radius 1 is 1.38 bits per heavy atom. The van der Waals surface area contributed by atoms with Crippen LogP contribution in [-0.4, -0.2) is 48.3 Å². The van der Waals surface area contributed by atoms with E-state index in [1.54, 1.807) is 39.0 Å². The number of nitrogens with zero attached hydrogens (tertiary/aromatic N) is 1. The van der Waals surface area contributed by atoms with Crippen LogP contribution in [-0.2, 0) is 14.3 Å². The summed E-state index contributed by atoms with van der Waals surface area (Å²) in [5.41, 5.74) is 0.950. The molecule has 1 aliphatic heterocycles. The third-order valence-electron chi connectivity index (χ3n) is 3.46. The van der Waals surface area contributed by atoms with Gasteiger partial charge < -0.3 is 19.7 Å². The van der Waals surface area contributed by atoms with Crippen molar-refractivity contribution in [3.8, 4) is 0 Å². The fourth-order valence-corrected chi connectivity index (χ4v) is 2.51. The molecule has 1 aromatic carbocycles. The number of hydrogen-bond donors (Lipinski definition) is 1. The van der Waals surface area contributed by atoms with Gasteiger partial charge in [-0.15, -0.1) is 0 Å². The van der Waals surface area contributed by atoms with Crippen LogP contribution in [0.4, 0.5) is 10.5 Å². The number of hydrogen-bond acceptors (Lipinski definition) is 4. The number of morpholine rings is 1. The molecule has 6 nitrogen and oxygen atoms in total. The molecule has 0 bridgehead atoms. The maximum absolute atomic E-state index is 12.4. The van der Waals surface area contributed by atoms with Crippen molar-refractivity contribution < 1.29 is 19.1 Å². The largest absolute Gasteiger partial charge is 0.444 e. The molecule has 1 N–H and O–H groups in total. The van der Waals surface area contributed by atoms with Gasteiger partial charge in [-0.3, -0.25) is 4.79 Å². The molecule has 0 unspecified atom stereocenters. The quantitative estimate of drug-likeness (QED) is 0.885. The molecular formula is C17H23ClN2O4. The third kappa shape index (κ3) is 5.11. The highest BCUT2D eigenvalue weighted by Gasteiger charge is 2.31. The van der Waals surface area contributed by atoms with Gasteiger partial charge >= 0.3 is 6.09 Å². The topological polar surface area (TPSA) is 67.9 Å². The van der Waals surface area contributed by atoms with Crippen molar-refractivity contribution in [2.45, 2.75) is 39.4 Å². The second-order valence-electron chi connectivity index (χ2n) is 6.73. The average molecular weight is 355 g/mol. The molecule has 0 spiro atoms. The van der Waals surface area contributed by atoms with Crippen molar-refractivity contribution in [3.05, 3.63) is 28.8 Å². The van der Waals surface area contributed by atoms with Crippen molar-refractivity contribution in [3.63, 3.8) is 0 Å². The van der Waals surface area contributed by atoms with Gasteiger partial charge in [0.15, 0.2) is 6.10 Å². The normalized spacial score (nSPS) is 18.2. The number of nitrogens with one attached hydrogen (secondary N) is 1. The number of carbonyl (C=O) groups excluding carboxylic acids is 2. The number of aryl methyl sites for hydroxylation is 1. The first kappa shape index (κ1) is 18.5. The predicted octanol–water partition coefficient (Wildman–Crippen LogP) is 3.22. The Morgan fingerprint density at radius 3 is 2.71 bits per heavy atom. The molecular weight excluding hydrogens is 332 g/mol. The van der Waals surface area contributed by atoms with E-state index in [4.69, 9.17) is 21.1 Å². The zero-order chi connectivity index (χ0) is 17.9. The van der Waals surface area contributed by atoms with Gasteiger partial charge in [-0.25, -0.2) is 4.79 Å². The molecule has 0 aromatic heterocycles. The summed E-state index contributed by atoms with van der Waals surface area (Å²) >= 11 is 5.91. The molecule has 0 saturated carbocycles. The zero-order valence-corrected chi connectivity index (χ0v) is 15.1. The summed E-state index contributed by atoms with van der Waals surface area (Å²) in [6, 6.07) is 5.22. The molecule has 2 rings (SSSR count). The summed E-state index contributed by atoms with van der Waals surface area (Å²) in [7, 11) is 0. The van der Waals surface area contributed by atoms with Crippen LogP contribution in [0.2, 0.25) is 5.02 Å². The fourth-order valence-electron chi connectivity index (χ4n) is 2.28. The molecule has 132 valence electrons. The van der Waals surface area contributed by atoms with Crippen molar-refractivity contribution in [2.75, 3.05) is 25.0 Å². The highest BCUT2D eigenvalue weighted by atomic mass is 35.5. The smallest absolute Gasteiger partial charge is 0.410 e. The van der Waals surface area contributed by atoms with E-state index in [1.807, 2.05) is 6.92 Å². The summed E-state index contributed by atoms with van der Waals surface area (Å²) in [5.74, 6) is -0.298.